The van der Waals surface area contributed by atoms with Gasteiger partial charge in [0.15, 0.2) is 0 Å². The summed E-state index contributed by atoms with van der Waals surface area (Å²) in [6.45, 7) is 1.96. The number of methoxy groups -OCH3 is 1. The lowest BCUT2D eigenvalue weighted by molar-refractivity contribution is -0.112. The molecule has 0 unspecified atom stereocenters. The number of hydrogen-bond donors (Lipinski definition) is 1. The molecule has 0 aliphatic heterocycles. The van der Waals surface area contributed by atoms with Gasteiger partial charge in [0.1, 0.15) is 28.2 Å². The van der Waals surface area contributed by atoms with Crippen LogP contribution in [0.2, 0.25) is 0 Å². The van der Waals surface area contributed by atoms with E-state index in [1.165, 1.54) is 24.5 Å². The van der Waals surface area contributed by atoms with Crippen molar-refractivity contribution in [3.63, 3.8) is 0 Å². The van der Waals surface area contributed by atoms with Gasteiger partial charge in [0, 0.05) is 16.5 Å². The Hall–Kier alpha value is -4.16. The number of hydrogen-bond acceptors (Lipinski definition) is 8. The number of ether oxygens (including phenoxy) is 2. The number of esters is 2. The van der Waals surface area contributed by atoms with Crippen LogP contribution in [0.15, 0.2) is 46.4 Å². The largest absolute Gasteiger partial charge is 0.465 e. The summed E-state index contributed by atoms with van der Waals surface area (Å²) in [5.74, 6) is -0.728. The number of furan rings is 1. The van der Waals surface area contributed by atoms with Gasteiger partial charge in [-0.1, -0.05) is 12.1 Å². The van der Waals surface area contributed by atoms with Crippen LogP contribution >= 0.6 is 11.3 Å². The predicted molar refractivity (Wildman–Crippen MR) is 135 cm³/mol. The minimum atomic E-state index is -0.637. The Labute approximate surface area is 212 Å². The molecule has 4 rings (SSSR count). The van der Waals surface area contributed by atoms with Gasteiger partial charge in [-0.3, -0.25) is 4.79 Å². The number of rotatable bonds is 7. The van der Waals surface area contributed by atoms with E-state index in [1.54, 1.807) is 43.3 Å². The molecule has 36 heavy (non-hydrogen) atoms. The summed E-state index contributed by atoms with van der Waals surface area (Å²) >= 11 is 1.36. The number of thiophene rings is 1. The second-order valence-electron chi connectivity index (χ2n) is 8.03. The van der Waals surface area contributed by atoms with Gasteiger partial charge in [-0.2, -0.15) is 5.26 Å². The Bertz CT molecular complexity index is 1370. The van der Waals surface area contributed by atoms with E-state index in [0.29, 0.717) is 33.2 Å². The number of amides is 1. The minimum absolute atomic E-state index is 0.168. The normalized spacial score (nSPS) is 12.9. The van der Waals surface area contributed by atoms with Crippen LogP contribution in [0, 0.1) is 11.3 Å². The second-order valence-corrected chi connectivity index (χ2v) is 9.14. The number of nitriles is 1. The quantitative estimate of drug-likeness (QED) is 0.260. The number of nitrogens with zero attached hydrogens (tertiary/aromatic N) is 1. The molecule has 0 saturated heterocycles. The Balaban J connectivity index is 1.55. The van der Waals surface area contributed by atoms with Crippen molar-refractivity contribution in [2.24, 2.45) is 0 Å². The molecule has 0 spiro atoms. The number of anilines is 1. The van der Waals surface area contributed by atoms with E-state index in [9.17, 15) is 19.6 Å². The molecule has 1 aliphatic rings. The third-order valence-electron chi connectivity index (χ3n) is 5.75. The molecule has 0 fully saturated rings. The highest BCUT2D eigenvalue weighted by molar-refractivity contribution is 7.17. The number of carbonyl (C=O) groups excluding carboxylic acids is 3. The van der Waals surface area contributed by atoms with E-state index in [2.05, 4.69) is 5.32 Å². The topological polar surface area (TPSA) is 119 Å². The molecule has 1 aromatic carbocycles. The summed E-state index contributed by atoms with van der Waals surface area (Å²) in [4.78, 5) is 38.3. The minimum Gasteiger partial charge on any atom is -0.465 e. The highest BCUT2D eigenvalue weighted by atomic mass is 32.1. The molecule has 0 atom stereocenters. The molecule has 1 N–H and O–H groups in total. The molecular weight excluding hydrogens is 480 g/mol. The first-order valence-electron chi connectivity index (χ1n) is 11.5. The fourth-order valence-corrected chi connectivity index (χ4v) is 5.28. The van der Waals surface area contributed by atoms with Crippen LogP contribution < -0.4 is 5.32 Å². The van der Waals surface area contributed by atoms with Crippen LogP contribution in [-0.4, -0.2) is 31.6 Å². The molecule has 2 aromatic heterocycles. The van der Waals surface area contributed by atoms with Gasteiger partial charge >= 0.3 is 11.9 Å². The lowest BCUT2D eigenvalue weighted by Gasteiger charge is -2.12. The van der Waals surface area contributed by atoms with Crippen LogP contribution in [-0.2, 0) is 27.1 Å². The van der Waals surface area contributed by atoms with E-state index in [1.807, 2.05) is 6.07 Å². The van der Waals surface area contributed by atoms with Crippen LogP contribution in [0.4, 0.5) is 5.00 Å². The average Bonchev–Trinajstić information content (AvgIpc) is 3.51. The fourth-order valence-electron chi connectivity index (χ4n) is 4.01. The maximum Gasteiger partial charge on any atom is 0.341 e. The molecule has 8 nitrogen and oxygen atoms in total. The van der Waals surface area contributed by atoms with E-state index in [0.717, 1.165) is 36.1 Å². The SMILES string of the molecule is CCOC(=O)c1c(NC(=O)/C(C#N)=C/c2ccc(-c3ccc(C(=O)OC)cc3)o2)sc2c1CCCC2. The monoisotopic (exact) mass is 504 g/mol. The van der Waals surface area contributed by atoms with Crippen molar-refractivity contribution in [3.8, 4) is 17.4 Å². The molecule has 1 aliphatic carbocycles. The average molecular weight is 505 g/mol. The molecule has 0 saturated carbocycles. The molecule has 9 heteroatoms. The predicted octanol–water partition coefficient (Wildman–Crippen LogP) is 5.40. The van der Waals surface area contributed by atoms with Crippen molar-refractivity contribution >= 4 is 40.3 Å². The van der Waals surface area contributed by atoms with E-state index >= 15 is 0 Å². The molecular formula is C27H24N2O6S. The van der Waals surface area contributed by atoms with Crippen LogP contribution in [0.5, 0.6) is 0 Å². The number of carbonyl (C=O) groups is 3. The first-order valence-corrected chi connectivity index (χ1v) is 12.3. The lowest BCUT2D eigenvalue weighted by atomic mass is 9.95. The van der Waals surface area contributed by atoms with Crippen molar-refractivity contribution in [3.05, 3.63) is 69.3 Å². The van der Waals surface area contributed by atoms with Crippen molar-refractivity contribution < 1.29 is 28.3 Å². The van der Waals surface area contributed by atoms with Crippen LogP contribution in [0.1, 0.15) is 56.7 Å². The standard InChI is InChI=1S/C27H24N2O6S/c1-3-34-27(32)23-20-6-4-5-7-22(20)36-25(23)29-24(30)18(15-28)14-19-12-13-21(35-19)16-8-10-17(11-9-16)26(31)33-2/h8-14H,3-7H2,1-2H3,(H,29,30)/b18-14+. The Morgan fingerprint density at radius 2 is 1.86 bits per heavy atom. The first-order chi connectivity index (χ1) is 17.4. The zero-order chi connectivity index (χ0) is 25.7. The zero-order valence-corrected chi connectivity index (χ0v) is 20.7. The van der Waals surface area contributed by atoms with Gasteiger partial charge < -0.3 is 19.2 Å². The molecule has 184 valence electrons. The molecule has 1 amide bonds. The van der Waals surface area contributed by atoms with Gasteiger partial charge in [-0.05, 0) is 62.4 Å². The van der Waals surface area contributed by atoms with Gasteiger partial charge in [0.25, 0.3) is 5.91 Å². The molecule has 0 bridgehead atoms. The second kappa shape index (κ2) is 11.1. The van der Waals surface area contributed by atoms with E-state index in [4.69, 9.17) is 13.9 Å². The van der Waals surface area contributed by atoms with E-state index in [-0.39, 0.29) is 12.2 Å². The maximum atomic E-state index is 13.0. The number of nitrogens with one attached hydrogen (secondary N) is 1. The third-order valence-corrected chi connectivity index (χ3v) is 6.95. The van der Waals surface area contributed by atoms with Crippen molar-refractivity contribution in [1.82, 2.24) is 0 Å². The Morgan fingerprint density at radius 3 is 2.56 bits per heavy atom. The zero-order valence-electron chi connectivity index (χ0n) is 19.9. The summed E-state index contributed by atoms with van der Waals surface area (Å²) in [5.41, 5.74) is 2.27. The Morgan fingerprint density at radius 1 is 1.11 bits per heavy atom. The lowest BCUT2D eigenvalue weighted by Crippen LogP contribution is -2.16. The molecule has 3 aromatic rings. The third kappa shape index (κ3) is 5.24. The highest BCUT2D eigenvalue weighted by Crippen LogP contribution is 2.39. The number of benzene rings is 1. The van der Waals surface area contributed by atoms with Crippen LogP contribution in [0.25, 0.3) is 17.4 Å². The van der Waals surface area contributed by atoms with Gasteiger partial charge in [0.05, 0.1) is 24.8 Å². The van der Waals surface area contributed by atoms with Gasteiger partial charge in [0.2, 0.25) is 0 Å². The summed E-state index contributed by atoms with van der Waals surface area (Å²) in [6, 6.07) is 11.9. The summed E-state index contributed by atoms with van der Waals surface area (Å²) in [6.07, 6.45) is 4.95. The van der Waals surface area contributed by atoms with E-state index < -0.39 is 17.8 Å². The fraction of sp³-hybridized carbons (Fsp3) is 0.259. The number of fused-ring (bicyclic) bond motifs is 1. The van der Waals surface area contributed by atoms with Crippen molar-refractivity contribution in [2.45, 2.75) is 32.6 Å². The number of aryl methyl sites for hydroxylation is 1. The molecule has 2 heterocycles. The summed E-state index contributed by atoms with van der Waals surface area (Å²) in [5, 5.41) is 12.8. The molecule has 0 radical (unpaired) electrons. The highest BCUT2D eigenvalue weighted by Gasteiger charge is 2.28. The van der Waals surface area contributed by atoms with Gasteiger partial charge in [-0.25, -0.2) is 9.59 Å². The van der Waals surface area contributed by atoms with Crippen molar-refractivity contribution in [1.29, 1.82) is 5.26 Å². The van der Waals surface area contributed by atoms with Crippen molar-refractivity contribution in [2.75, 3.05) is 19.0 Å². The van der Waals surface area contributed by atoms with Gasteiger partial charge in [-0.15, -0.1) is 11.3 Å². The smallest absolute Gasteiger partial charge is 0.341 e. The summed E-state index contributed by atoms with van der Waals surface area (Å²) < 4.78 is 15.7. The first kappa shape index (κ1) is 24.9. The summed E-state index contributed by atoms with van der Waals surface area (Å²) in [7, 11) is 1.31. The maximum absolute atomic E-state index is 13.0. The van der Waals surface area contributed by atoms with Crippen LogP contribution in [0.3, 0.4) is 0 Å². The Kier molecular flexibility index (Phi) is 7.66.